The molecule has 108 valence electrons. The molecule has 3 unspecified atom stereocenters. The van der Waals surface area contributed by atoms with E-state index >= 15 is 0 Å². The Hall–Kier alpha value is -1.27. The highest BCUT2D eigenvalue weighted by molar-refractivity contribution is 9.10. The van der Waals surface area contributed by atoms with E-state index in [4.69, 9.17) is 0 Å². The third kappa shape index (κ3) is 2.62. The van der Waals surface area contributed by atoms with Crippen molar-refractivity contribution < 1.29 is 19.1 Å². The smallest absolute Gasteiger partial charge is 0.232 e. The largest absolute Gasteiger partial charge is 0.387 e. The molecule has 2 amide bonds. The van der Waals surface area contributed by atoms with Gasteiger partial charge in [-0.3, -0.25) is 14.5 Å². The Morgan fingerprint density at radius 1 is 1.30 bits per heavy atom. The fourth-order valence-corrected chi connectivity index (χ4v) is 2.60. The van der Waals surface area contributed by atoms with Gasteiger partial charge in [0.25, 0.3) is 0 Å². The predicted octanol–water partition coefficient (Wildman–Crippen LogP) is 2.26. The highest BCUT2D eigenvalue weighted by Gasteiger charge is 2.42. The van der Waals surface area contributed by atoms with Crippen molar-refractivity contribution >= 4 is 27.7 Å². The molecule has 3 atom stereocenters. The standard InChI is InChI=1S/C14H15BrFNO3/c1-7-8(2)14(20)17(13(7)19)6-12(18)9-3-4-11(16)10(15)5-9/h3-5,7-8,12,18H,6H2,1-2H3. The van der Waals surface area contributed by atoms with Gasteiger partial charge in [0.2, 0.25) is 11.8 Å². The lowest BCUT2D eigenvalue weighted by molar-refractivity contribution is -0.141. The van der Waals surface area contributed by atoms with E-state index in [9.17, 15) is 19.1 Å². The van der Waals surface area contributed by atoms with Gasteiger partial charge >= 0.3 is 0 Å². The van der Waals surface area contributed by atoms with Crippen molar-refractivity contribution in [1.82, 2.24) is 4.90 Å². The van der Waals surface area contributed by atoms with Crippen LogP contribution >= 0.6 is 15.9 Å². The second-order valence-electron chi connectivity index (χ2n) is 5.05. The molecule has 1 fully saturated rings. The van der Waals surface area contributed by atoms with E-state index < -0.39 is 11.9 Å². The number of nitrogens with zero attached hydrogens (tertiary/aromatic N) is 1. The lowest BCUT2D eigenvalue weighted by Gasteiger charge is -2.19. The molecule has 1 heterocycles. The summed E-state index contributed by atoms with van der Waals surface area (Å²) in [5.41, 5.74) is 0.450. The molecule has 6 heteroatoms. The van der Waals surface area contributed by atoms with Gasteiger partial charge in [0.05, 0.1) is 17.1 Å². The predicted molar refractivity (Wildman–Crippen MR) is 74.1 cm³/mol. The van der Waals surface area contributed by atoms with Crippen LogP contribution < -0.4 is 0 Å². The van der Waals surface area contributed by atoms with E-state index in [-0.39, 0.29) is 34.7 Å². The second kappa shape index (κ2) is 5.61. The molecule has 1 N–H and O–H groups in total. The van der Waals surface area contributed by atoms with Crippen LogP contribution in [0.2, 0.25) is 0 Å². The number of halogens is 2. The van der Waals surface area contributed by atoms with Gasteiger partial charge in [-0.2, -0.15) is 0 Å². The van der Waals surface area contributed by atoms with Crippen molar-refractivity contribution in [3.05, 3.63) is 34.1 Å². The average molecular weight is 344 g/mol. The molecule has 20 heavy (non-hydrogen) atoms. The molecule has 4 nitrogen and oxygen atoms in total. The molecule has 1 saturated heterocycles. The number of aliphatic hydroxyl groups is 1. The Kier molecular flexibility index (Phi) is 4.25. The van der Waals surface area contributed by atoms with Crippen LogP contribution in [0.3, 0.4) is 0 Å². The molecule has 1 aromatic carbocycles. The third-order valence-electron chi connectivity index (χ3n) is 3.75. The van der Waals surface area contributed by atoms with Crippen molar-refractivity contribution in [2.24, 2.45) is 11.8 Å². The summed E-state index contributed by atoms with van der Waals surface area (Å²) in [6, 6.07) is 4.10. The lowest BCUT2D eigenvalue weighted by Crippen LogP contribution is -2.34. The lowest BCUT2D eigenvalue weighted by atomic mass is 10.00. The topological polar surface area (TPSA) is 57.6 Å². The van der Waals surface area contributed by atoms with Crippen LogP contribution in [0.4, 0.5) is 4.39 Å². The van der Waals surface area contributed by atoms with Crippen LogP contribution in [-0.4, -0.2) is 28.4 Å². The van der Waals surface area contributed by atoms with Gasteiger partial charge in [-0.1, -0.05) is 19.9 Å². The van der Waals surface area contributed by atoms with E-state index in [1.54, 1.807) is 13.8 Å². The minimum atomic E-state index is -1.03. The van der Waals surface area contributed by atoms with E-state index in [1.807, 2.05) is 0 Å². The molecule has 0 radical (unpaired) electrons. The minimum absolute atomic E-state index is 0.107. The first-order valence-electron chi connectivity index (χ1n) is 6.31. The number of carbonyl (C=O) groups excluding carboxylic acids is 2. The summed E-state index contributed by atoms with van der Waals surface area (Å²) in [7, 11) is 0. The number of amides is 2. The van der Waals surface area contributed by atoms with Crippen molar-refractivity contribution in [2.45, 2.75) is 20.0 Å². The van der Waals surface area contributed by atoms with Crippen LogP contribution in [0, 0.1) is 17.7 Å². The second-order valence-corrected chi connectivity index (χ2v) is 5.91. The number of benzene rings is 1. The SMILES string of the molecule is CC1C(=O)N(CC(O)c2ccc(F)c(Br)c2)C(=O)C1C. The minimum Gasteiger partial charge on any atom is -0.387 e. The zero-order chi connectivity index (χ0) is 15.0. The third-order valence-corrected chi connectivity index (χ3v) is 4.35. The maximum Gasteiger partial charge on any atom is 0.232 e. The Bertz CT molecular complexity index is 543. The van der Waals surface area contributed by atoms with Crippen molar-refractivity contribution in [3.63, 3.8) is 0 Å². The number of β-amino-alcohol motifs (C(OH)–C–C–N with tert-alkyl or cyclic N) is 1. The first-order chi connectivity index (χ1) is 9.32. The molecule has 0 aliphatic carbocycles. The molecule has 0 spiro atoms. The molecule has 2 rings (SSSR count). The molecule has 1 aliphatic heterocycles. The number of rotatable bonds is 3. The van der Waals surface area contributed by atoms with Crippen LogP contribution in [0.15, 0.2) is 22.7 Å². The maximum absolute atomic E-state index is 13.1. The molecule has 0 bridgehead atoms. The highest BCUT2D eigenvalue weighted by atomic mass is 79.9. The summed E-state index contributed by atoms with van der Waals surface area (Å²) in [6.45, 7) is 3.29. The first-order valence-corrected chi connectivity index (χ1v) is 7.10. The van der Waals surface area contributed by atoms with Gasteiger partial charge in [0, 0.05) is 11.8 Å². The molecular weight excluding hydrogens is 329 g/mol. The fraction of sp³-hybridized carbons (Fsp3) is 0.429. The summed E-state index contributed by atoms with van der Waals surface area (Å²) in [4.78, 5) is 25.0. The zero-order valence-corrected chi connectivity index (χ0v) is 12.7. The Labute approximate surface area is 124 Å². The van der Waals surface area contributed by atoms with E-state index in [0.717, 1.165) is 4.90 Å². The fourth-order valence-electron chi connectivity index (χ4n) is 2.21. The van der Waals surface area contributed by atoms with E-state index in [1.165, 1.54) is 18.2 Å². The normalized spacial score (nSPS) is 24.4. The molecule has 1 aliphatic rings. The van der Waals surface area contributed by atoms with Gasteiger partial charge in [0.15, 0.2) is 0 Å². The van der Waals surface area contributed by atoms with Gasteiger partial charge < -0.3 is 5.11 Å². The number of aliphatic hydroxyl groups excluding tert-OH is 1. The van der Waals surface area contributed by atoms with E-state index in [0.29, 0.717) is 5.56 Å². The number of hydrogen-bond acceptors (Lipinski definition) is 3. The van der Waals surface area contributed by atoms with Crippen molar-refractivity contribution in [3.8, 4) is 0 Å². The summed E-state index contributed by atoms with van der Waals surface area (Å²) in [6.07, 6.45) is -1.03. The van der Waals surface area contributed by atoms with Gasteiger partial charge in [-0.15, -0.1) is 0 Å². The maximum atomic E-state index is 13.1. The summed E-state index contributed by atoms with van der Waals surface area (Å²) in [5.74, 6) is -1.72. The quantitative estimate of drug-likeness (QED) is 0.856. The number of hydrogen-bond donors (Lipinski definition) is 1. The van der Waals surface area contributed by atoms with Gasteiger partial charge in [-0.05, 0) is 33.6 Å². The van der Waals surface area contributed by atoms with Crippen molar-refractivity contribution in [1.29, 1.82) is 0 Å². The molecule has 0 saturated carbocycles. The van der Waals surface area contributed by atoms with E-state index in [2.05, 4.69) is 15.9 Å². The molecule has 1 aromatic rings. The van der Waals surface area contributed by atoms with Crippen LogP contribution in [-0.2, 0) is 9.59 Å². The average Bonchev–Trinajstić information content (AvgIpc) is 2.59. The Morgan fingerprint density at radius 3 is 2.35 bits per heavy atom. The van der Waals surface area contributed by atoms with Gasteiger partial charge in [-0.25, -0.2) is 4.39 Å². The van der Waals surface area contributed by atoms with Gasteiger partial charge in [0.1, 0.15) is 5.82 Å². The van der Waals surface area contributed by atoms with Crippen LogP contribution in [0.25, 0.3) is 0 Å². The number of likely N-dealkylation sites (tertiary alicyclic amines) is 1. The number of imide groups is 1. The van der Waals surface area contributed by atoms with Crippen LogP contribution in [0.1, 0.15) is 25.5 Å². The summed E-state index contributed by atoms with van der Waals surface area (Å²) >= 11 is 3.04. The molecule has 0 aromatic heterocycles. The van der Waals surface area contributed by atoms with Crippen LogP contribution in [0.5, 0.6) is 0 Å². The zero-order valence-electron chi connectivity index (χ0n) is 11.1. The Balaban J connectivity index is 2.15. The summed E-state index contributed by atoms with van der Waals surface area (Å²) < 4.78 is 13.4. The first kappa shape index (κ1) is 15.1. The highest BCUT2D eigenvalue weighted by Crippen LogP contribution is 2.28. The van der Waals surface area contributed by atoms with Crippen molar-refractivity contribution in [2.75, 3.05) is 6.54 Å². The Morgan fingerprint density at radius 2 is 1.85 bits per heavy atom. The monoisotopic (exact) mass is 343 g/mol. The summed E-state index contributed by atoms with van der Waals surface area (Å²) in [5, 5.41) is 10.1. The molecular formula is C14H15BrFNO3. The number of carbonyl (C=O) groups is 2.